The van der Waals surface area contributed by atoms with Gasteiger partial charge in [-0.15, -0.1) is 0 Å². The predicted molar refractivity (Wildman–Crippen MR) is 80.0 cm³/mol. The summed E-state index contributed by atoms with van der Waals surface area (Å²) in [4.78, 5) is 6.85. The van der Waals surface area contributed by atoms with Crippen LogP contribution in [0.3, 0.4) is 0 Å². The maximum Gasteiger partial charge on any atom is 0.131 e. The van der Waals surface area contributed by atoms with Crippen molar-refractivity contribution in [3.05, 3.63) is 59.3 Å². The monoisotopic (exact) mass is 255 g/mol. The zero-order chi connectivity index (χ0) is 13.7. The van der Waals surface area contributed by atoms with Crippen molar-refractivity contribution in [1.82, 2.24) is 4.98 Å². The molecule has 0 radical (unpaired) electrons. The lowest BCUT2D eigenvalue weighted by atomic mass is 10.1. The molecule has 0 atom stereocenters. The summed E-state index contributed by atoms with van der Waals surface area (Å²) in [6.45, 7) is 6.60. The van der Waals surface area contributed by atoms with Crippen molar-refractivity contribution in [2.75, 3.05) is 11.4 Å². The maximum absolute atomic E-state index is 5.65. The summed E-state index contributed by atoms with van der Waals surface area (Å²) in [5.41, 5.74) is 9.21. The van der Waals surface area contributed by atoms with E-state index in [4.69, 9.17) is 5.73 Å². The number of hydrogen-bond acceptors (Lipinski definition) is 3. The zero-order valence-electron chi connectivity index (χ0n) is 11.6. The van der Waals surface area contributed by atoms with E-state index in [-0.39, 0.29) is 0 Å². The van der Waals surface area contributed by atoms with Crippen LogP contribution in [0.1, 0.15) is 23.6 Å². The lowest BCUT2D eigenvalue weighted by Gasteiger charge is -2.24. The van der Waals surface area contributed by atoms with Gasteiger partial charge in [-0.3, -0.25) is 0 Å². The number of pyridine rings is 1. The molecule has 0 unspecified atom stereocenters. The van der Waals surface area contributed by atoms with E-state index in [0.717, 1.165) is 24.5 Å². The fourth-order valence-electron chi connectivity index (χ4n) is 2.21. The van der Waals surface area contributed by atoms with Crippen LogP contribution in [0.15, 0.2) is 42.6 Å². The Balaban J connectivity index is 2.22. The van der Waals surface area contributed by atoms with Crippen molar-refractivity contribution in [2.45, 2.75) is 26.9 Å². The molecule has 2 aromatic rings. The number of nitrogens with two attached hydrogens (primary N) is 1. The second kappa shape index (κ2) is 6.34. The summed E-state index contributed by atoms with van der Waals surface area (Å²) in [5, 5.41) is 0. The van der Waals surface area contributed by atoms with Gasteiger partial charge < -0.3 is 10.6 Å². The molecule has 100 valence electrons. The van der Waals surface area contributed by atoms with E-state index < -0.39 is 0 Å². The van der Waals surface area contributed by atoms with Crippen LogP contribution in [-0.4, -0.2) is 11.5 Å². The molecule has 0 bridgehead atoms. The van der Waals surface area contributed by atoms with Crippen molar-refractivity contribution in [3.8, 4) is 0 Å². The normalized spacial score (nSPS) is 10.5. The van der Waals surface area contributed by atoms with E-state index in [1.54, 1.807) is 0 Å². The van der Waals surface area contributed by atoms with Gasteiger partial charge in [0.2, 0.25) is 0 Å². The molecule has 2 rings (SSSR count). The molecule has 0 saturated carbocycles. The van der Waals surface area contributed by atoms with E-state index >= 15 is 0 Å². The molecular formula is C16H21N3. The molecule has 0 saturated heterocycles. The molecule has 3 heteroatoms. The minimum Gasteiger partial charge on any atom is -0.352 e. The van der Waals surface area contributed by atoms with E-state index in [1.807, 2.05) is 12.3 Å². The summed E-state index contributed by atoms with van der Waals surface area (Å²) in [6.07, 6.45) is 1.87. The van der Waals surface area contributed by atoms with Gasteiger partial charge in [-0.2, -0.15) is 0 Å². The third-order valence-electron chi connectivity index (χ3n) is 3.24. The summed E-state index contributed by atoms with van der Waals surface area (Å²) >= 11 is 0. The highest BCUT2D eigenvalue weighted by Crippen LogP contribution is 2.19. The molecule has 1 heterocycles. The summed E-state index contributed by atoms with van der Waals surface area (Å²) in [5.74, 6) is 1.04. The van der Waals surface area contributed by atoms with Crippen LogP contribution < -0.4 is 10.6 Å². The number of benzene rings is 1. The molecule has 1 aromatic heterocycles. The molecule has 19 heavy (non-hydrogen) atoms. The highest BCUT2D eigenvalue weighted by molar-refractivity contribution is 5.47. The lowest BCUT2D eigenvalue weighted by Crippen LogP contribution is -2.24. The highest BCUT2D eigenvalue weighted by Gasteiger charge is 2.10. The number of nitrogens with zero attached hydrogens (tertiary/aromatic N) is 2. The fraction of sp³-hybridized carbons (Fsp3) is 0.312. The zero-order valence-corrected chi connectivity index (χ0v) is 11.6. The van der Waals surface area contributed by atoms with E-state index in [9.17, 15) is 0 Å². The highest BCUT2D eigenvalue weighted by atomic mass is 15.2. The minimum atomic E-state index is 0.541. The van der Waals surface area contributed by atoms with Gasteiger partial charge in [-0.05, 0) is 36.6 Å². The molecule has 0 aliphatic heterocycles. The molecule has 0 fully saturated rings. The Hall–Kier alpha value is -1.87. The van der Waals surface area contributed by atoms with Crippen molar-refractivity contribution in [3.63, 3.8) is 0 Å². The number of aryl methyl sites for hydroxylation is 1. The molecular weight excluding hydrogens is 234 g/mol. The number of hydrogen-bond donors (Lipinski definition) is 1. The first kappa shape index (κ1) is 13.6. The van der Waals surface area contributed by atoms with Gasteiger partial charge in [0, 0.05) is 25.8 Å². The van der Waals surface area contributed by atoms with Gasteiger partial charge in [0.15, 0.2) is 0 Å². The SMILES string of the molecule is CCN(Cc1ccccc1)c1ncc(CN)cc1C. The van der Waals surface area contributed by atoms with Gasteiger partial charge in [-0.1, -0.05) is 30.3 Å². The smallest absolute Gasteiger partial charge is 0.131 e. The predicted octanol–water partition coefficient (Wildman–Crippen LogP) is 2.88. The van der Waals surface area contributed by atoms with Gasteiger partial charge >= 0.3 is 0 Å². The molecule has 0 aliphatic carbocycles. The van der Waals surface area contributed by atoms with Crippen LogP contribution in [0.4, 0.5) is 5.82 Å². The Morgan fingerprint density at radius 3 is 2.47 bits per heavy atom. The number of anilines is 1. The van der Waals surface area contributed by atoms with Crippen LogP contribution in [0.2, 0.25) is 0 Å². The Kier molecular flexibility index (Phi) is 4.53. The van der Waals surface area contributed by atoms with Gasteiger partial charge in [0.1, 0.15) is 5.82 Å². The van der Waals surface area contributed by atoms with Crippen molar-refractivity contribution < 1.29 is 0 Å². The fourth-order valence-corrected chi connectivity index (χ4v) is 2.21. The Morgan fingerprint density at radius 1 is 1.16 bits per heavy atom. The van der Waals surface area contributed by atoms with Crippen molar-refractivity contribution in [1.29, 1.82) is 0 Å². The van der Waals surface area contributed by atoms with Crippen LogP contribution >= 0.6 is 0 Å². The lowest BCUT2D eigenvalue weighted by molar-refractivity contribution is 0.806. The van der Waals surface area contributed by atoms with E-state index in [1.165, 1.54) is 11.1 Å². The number of aromatic nitrogens is 1. The van der Waals surface area contributed by atoms with E-state index in [0.29, 0.717) is 6.54 Å². The molecule has 1 aromatic carbocycles. The second-order valence-corrected chi connectivity index (χ2v) is 4.69. The molecule has 3 nitrogen and oxygen atoms in total. The summed E-state index contributed by atoms with van der Waals surface area (Å²) in [6, 6.07) is 12.6. The van der Waals surface area contributed by atoms with E-state index in [2.05, 4.69) is 54.1 Å². The first-order chi connectivity index (χ1) is 9.24. The largest absolute Gasteiger partial charge is 0.352 e. The van der Waals surface area contributed by atoms with Crippen molar-refractivity contribution in [2.24, 2.45) is 5.73 Å². The standard InChI is InChI=1S/C16H21N3/c1-3-19(12-14-7-5-4-6-8-14)16-13(2)9-15(10-17)11-18-16/h4-9,11H,3,10,12,17H2,1-2H3. The Labute approximate surface area is 115 Å². The summed E-state index contributed by atoms with van der Waals surface area (Å²) < 4.78 is 0. The average molecular weight is 255 g/mol. The Morgan fingerprint density at radius 2 is 1.89 bits per heavy atom. The third kappa shape index (κ3) is 3.32. The first-order valence-electron chi connectivity index (χ1n) is 6.69. The van der Waals surface area contributed by atoms with Crippen LogP contribution in [0.5, 0.6) is 0 Å². The average Bonchev–Trinajstić information content (AvgIpc) is 2.46. The van der Waals surface area contributed by atoms with Gasteiger partial charge in [0.25, 0.3) is 0 Å². The molecule has 0 amide bonds. The van der Waals surface area contributed by atoms with Gasteiger partial charge in [-0.25, -0.2) is 4.98 Å². The molecule has 2 N–H and O–H groups in total. The van der Waals surface area contributed by atoms with Crippen LogP contribution in [0.25, 0.3) is 0 Å². The quantitative estimate of drug-likeness (QED) is 0.893. The third-order valence-corrected chi connectivity index (χ3v) is 3.24. The summed E-state index contributed by atoms with van der Waals surface area (Å²) in [7, 11) is 0. The first-order valence-corrected chi connectivity index (χ1v) is 6.69. The Bertz CT molecular complexity index is 523. The number of rotatable bonds is 5. The maximum atomic E-state index is 5.65. The van der Waals surface area contributed by atoms with Crippen LogP contribution in [-0.2, 0) is 13.1 Å². The topological polar surface area (TPSA) is 42.2 Å². The molecule has 0 spiro atoms. The minimum absolute atomic E-state index is 0.541. The second-order valence-electron chi connectivity index (χ2n) is 4.69. The van der Waals surface area contributed by atoms with Crippen LogP contribution in [0, 0.1) is 6.92 Å². The van der Waals surface area contributed by atoms with Crippen molar-refractivity contribution >= 4 is 5.82 Å². The molecule has 0 aliphatic rings. The van der Waals surface area contributed by atoms with Gasteiger partial charge in [0.05, 0.1) is 0 Å².